The zero-order valence-electron chi connectivity index (χ0n) is 10.2. The summed E-state index contributed by atoms with van der Waals surface area (Å²) >= 11 is 0. The molecule has 1 heterocycles. The number of H-pyrrole nitrogens is 1. The summed E-state index contributed by atoms with van der Waals surface area (Å²) in [5.74, 6) is 0.342. The first kappa shape index (κ1) is 11.0. The van der Waals surface area contributed by atoms with Gasteiger partial charge in [0.15, 0.2) is 0 Å². The third-order valence-electron chi connectivity index (χ3n) is 3.41. The summed E-state index contributed by atoms with van der Waals surface area (Å²) < 4.78 is 0. The van der Waals surface area contributed by atoms with Crippen LogP contribution in [0.5, 0.6) is 0 Å². The van der Waals surface area contributed by atoms with E-state index in [-0.39, 0.29) is 5.91 Å². The molecule has 92 valence electrons. The SMILES string of the molecule is Cc1cc(C(=O)NCC2Cc3ccccc32)n[nH]1. The van der Waals surface area contributed by atoms with Gasteiger partial charge in [-0.25, -0.2) is 0 Å². The van der Waals surface area contributed by atoms with Crippen LogP contribution in [-0.4, -0.2) is 22.6 Å². The Kier molecular flexibility index (Phi) is 2.63. The minimum Gasteiger partial charge on any atom is -0.350 e. The molecule has 1 unspecified atom stereocenters. The third kappa shape index (κ3) is 1.90. The van der Waals surface area contributed by atoms with Gasteiger partial charge >= 0.3 is 0 Å². The number of carbonyl (C=O) groups excluding carboxylic acids is 1. The van der Waals surface area contributed by atoms with E-state index in [0.717, 1.165) is 12.1 Å². The number of nitrogens with zero attached hydrogens (tertiary/aromatic N) is 1. The number of nitrogens with one attached hydrogen (secondary N) is 2. The van der Waals surface area contributed by atoms with Gasteiger partial charge in [-0.1, -0.05) is 24.3 Å². The molecule has 1 amide bonds. The van der Waals surface area contributed by atoms with Crippen LogP contribution < -0.4 is 5.32 Å². The maximum Gasteiger partial charge on any atom is 0.271 e. The second-order valence-corrected chi connectivity index (χ2v) is 4.75. The van der Waals surface area contributed by atoms with Crippen molar-refractivity contribution in [3.05, 3.63) is 52.8 Å². The minimum absolute atomic E-state index is 0.108. The van der Waals surface area contributed by atoms with Gasteiger partial charge in [0.25, 0.3) is 5.91 Å². The molecule has 0 saturated carbocycles. The number of aromatic nitrogens is 2. The van der Waals surface area contributed by atoms with Gasteiger partial charge in [-0.3, -0.25) is 9.89 Å². The number of hydrogen-bond donors (Lipinski definition) is 2. The van der Waals surface area contributed by atoms with Crippen LogP contribution in [0.25, 0.3) is 0 Å². The van der Waals surface area contributed by atoms with Crippen molar-refractivity contribution in [2.45, 2.75) is 19.3 Å². The standard InChI is InChI=1S/C14H15N3O/c1-9-6-13(17-16-9)14(18)15-8-11-7-10-4-2-3-5-12(10)11/h2-6,11H,7-8H2,1H3,(H,15,18)(H,16,17). The van der Waals surface area contributed by atoms with Crippen LogP contribution in [0, 0.1) is 6.92 Å². The molecule has 1 aliphatic carbocycles. The molecule has 2 N–H and O–H groups in total. The fraction of sp³-hybridized carbons (Fsp3) is 0.286. The van der Waals surface area contributed by atoms with E-state index in [0.29, 0.717) is 18.2 Å². The van der Waals surface area contributed by atoms with Crippen molar-refractivity contribution in [3.8, 4) is 0 Å². The smallest absolute Gasteiger partial charge is 0.271 e. The fourth-order valence-corrected chi connectivity index (χ4v) is 2.39. The Balaban J connectivity index is 1.59. The maximum atomic E-state index is 11.8. The van der Waals surface area contributed by atoms with Gasteiger partial charge < -0.3 is 5.32 Å². The average Bonchev–Trinajstić information content (AvgIpc) is 2.77. The molecular weight excluding hydrogens is 226 g/mol. The first-order chi connectivity index (χ1) is 8.74. The number of fused-ring (bicyclic) bond motifs is 1. The van der Waals surface area contributed by atoms with E-state index in [2.05, 4.69) is 33.7 Å². The third-order valence-corrected chi connectivity index (χ3v) is 3.41. The van der Waals surface area contributed by atoms with Gasteiger partial charge in [-0.15, -0.1) is 0 Å². The molecule has 18 heavy (non-hydrogen) atoms. The molecule has 0 aliphatic heterocycles. The van der Waals surface area contributed by atoms with Crippen LogP contribution in [0.4, 0.5) is 0 Å². The topological polar surface area (TPSA) is 57.8 Å². The predicted molar refractivity (Wildman–Crippen MR) is 68.5 cm³/mol. The van der Waals surface area contributed by atoms with Crippen LogP contribution in [-0.2, 0) is 6.42 Å². The second-order valence-electron chi connectivity index (χ2n) is 4.75. The van der Waals surface area contributed by atoms with Crippen molar-refractivity contribution < 1.29 is 4.79 Å². The lowest BCUT2D eigenvalue weighted by Gasteiger charge is -2.30. The minimum atomic E-state index is -0.108. The molecule has 0 saturated heterocycles. The van der Waals surface area contributed by atoms with Crippen molar-refractivity contribution in [1.29, 1.82) is 0 Å². The van der Waals surface area contributed by atoms with E-state index < -0.39 is 0 Å². The molecule has 0 fully saturated rings. The summed E-state index contributed by atoms with van der Waals surface area (Å²) in [6.07, 6.45) is 1.05. The first-order valence-corrected chi connectivity index (χ1v) is 6.12. The molecule has 4 nitrogen and oxygen atoms in total. The molecular formula is C14H15N3O. The number of benzene rings is 1. The van der Waals surface area contributed by atoms with E-state index >= 15 is 0 Å². The Morgan fingerprint density at radius 2 is 2.33 bits per heavy atom. The number of hydrogen-bond acceptors (Lipinski definition) is 2. The zero-order valence-corrected chi connectivity index (χ0v) is 10.2. The summed E-state index contributed by atoms with van der Waals surface area (Å²) in [6, 6.07) is 10.1. The van der Waals surface area contributed by atoms with Gasteiger partial charge in [-0.2, -0.15) is 5.10 Å². The van der Waals surface area contributed by atoms with E-state index in [4.69, 9.17) is 0 Å². The Morgan fingerprint density at radius 1 is 1.50 bits per heavy atom. The molecule has 1 atom stereocenters. The lowest BCUT2D eigenvalue weighted by atomic mass is 9.77. The van der Waals surface area contributed by atoms with Crippen LogP contribution in [0.3, 0.4) is 0 Å². The van der Waals surface area contributed by atoms with Crippen molar-refractivity contribution in [1.82, 2.24) is 15.5 Å². The van der Waals surface area contributed by atoms with E-state index in [1.807, 2.05) is 13.0 Å². The zero-order chi connectivity index (χ0) is 12.5. The van der Waals surface area contributed by atoms with Gasteiger partial charge in [0, 0.05) is 18.2 Å². The summed E-state index contributed by atoms with van der Waals surface area (Å²) in [6.45, 7) is 2.56. The Bertz CT molecular complexity index is 588. The Hall–Kier alpha value is -2.10. The molecule has 2 aromatic rings. The highest BCUT2D eigenvalue weighted by Crippen LogP contribution is 2.33. The summed E-state index contributed by atoms with van der Waals surface area (Å²) in [5.41, 5.74) is 4.11. The highest BCUT2D eigenvalue weighted by Gasteiger charge is 2.25. The molecule has 1 aromatic carbocycles. The largest absolute Gasteiger partial charge is 0.350 e. The van der Waals surface area contributed by atoms with Crippen LogP contribution >= 0.6 is 0 Å². The lowest BCUT2D eigenvalue weighted by molar-refractivity contribution is 0.0945. The van der Waals surface area contributed by atoms with Crippen LogP contribution in [0.1, 0.15) is 33.2 Å². The lowest BCUT2D eigenvalue weighted by Crippen LogP contribution is -2.33. The van der Waals surface area contributed by atoms with E-state index in [1.54, 1.807) is 6.07 Å². The normalized spacial score (nSPS) is 16.8. The molecule has 0 radical (unpaired) electrons. The Morgan fingerprint density at radius 3 is 3.06 bits per heavy atom. The summed E-state index contributed by atoms with van der Waals surface area (Å²) in [7, 11) is 0. The van der Waals surface area contributed by atoms with E-state index in [1.165, 1.54) is 11.1 Å². The van der Waals surface area contributed by atoms with Gasteiger partial charge in [0.05, 0.1) is 0 Å². The van der Waals surface area contributed by atoms with Gasteiger partial charge in [0.2, 0.25) is 0 Å². The number of aryl methyl sites for hydroxylation is 1. The van der Waals surface area contributed by atoms with Crippen molar-refractivity contribution in [3.63, 3.8) is 0 Å². The number of rotatable bonds is 3. The molecule has 1 aromatic heterocycles. The fourth-order valence-electron chi connectivity index (χ4n) is 2.39. The van der Waals surface area contributed by atoms with Crippen LogP contribution in [0.2, 0.25) is 0 Å². The maximum absolute atomic E-state index is 11.8. The van der Waals surface area contributed by atoms with Crippen molar-refractivity contribution in [2.24, 2.45) is 0 Å². The molecule has 0 bridgehead atoms. The van der Waals surface area contributed by atoms with Crippen molar-refractivity contribution in [2.75, 3.05) is 6.54 Å². The second kappa shape index (κ2) is 4.29. The highest BCUT2D eigenvalue weighted by molar-refractivity contribution is 5.92. The first-order valence-electron chi connectivity index (χ1n) is 6.12. The molecule has 3 rings (SSSR count). The van der Waals surface area contributed by atoms with Gasteiger partial charge in [0.1, 0.15) is 5.69 Å². The number of amides is 1. The average molecular weight is 241 g/mol. The van der Waals surface area contributed by atoms with Crippen LogP contribution in [0.15, 0.2) is 30.3 Å². The summed E-state index contributed by atoms with van der Waals surface area (Å²) in [5, 5.41) is 9.65. The van der Waals surface area contributed by atoms with E-state index in [9.17, 15) is 4.79 Å². The Labute approximate surface area is 105 Å². The monoisotopic (exact) mass is 241 g/mol. The van der Waals surface area contributed by atoms with Crippen molar-refractivity contribution >= 4 is 5.91 Å². The van der Waals surface area contributed by atoms with Gasteiger partial charge in [-0.05, 0) is 30.5 Å². The summed E-state index contributed by atoms with van der Waals surface area (Å²) in [4.78, 5) is 11.8. The number of carbonyl (C=O) groups is 1. The predicted octanol–water partition coefficient (Wildman–Crippen LogP) is 1.79. The molecule has 0 spiro atoms. The molecule has 4 heteroatoms. The number of aromatic amines is 1. The highest BCUT2D eigenvalue weighted by atomic mass is 16.1. The molecule has 1 aliphatic rings. The quantitative estimate of drug-likeness (QED) is 0.860.